The van der Waals surface area contributed by atoms with Crippen LogP contribution < -0.4 is 0 Å². The van der Waals surface area contributed by atoms with Crippen molar-refractivity contribution in [2.45, 2.75) is 0 Å². The van der Waals surface area contributed by atoms with Gasteiger partial charge in [0.05, 0.1) is 0 Å². The van der Waals surface area contributed by atoms with E-state index in [1.807, 2.05) is 17.1 Å². The minimum absolute atomic E-state index is 0.217. The fourth-order valence-electron chi connectivity index (χ4n) is 0.274. The van der Waals surface area contributed by atoms with Crippen LogP contribution in [0, 0.1) is 0 Å². The molecule has 3 heteroatoms. The molecule has 0 aliphatic carbocycles. The molecule has 1 rings (SSSR count). The number of allylic oxidation sites excluding steroid dienone is 2. The summed E-state index contributed by atoms with van der Waals surface area (Å²) in [5.74, 6) is 0. The number of hydrogen-bond acceptors (Lipinski definition) is 1. The van der Waals surface area contributed by atoms with Gasteiger partial charge in [0.2, 0.25) is 0 Å². The van der Waals surface area contributed by atoms with Crippen LogP contribution in [0.1, 0.15) is 0 Å². The van der Waals surface area contributed by atoms with E-state index in [1.165, 1.54) is 0 Å². The van der Waals surface area contributed by atoms with Crippen molar-refractivity contribution in [2.24, 2.45) is 0 Å². The van der Waals surface area contributed by atoms with E-state index >= 15 is 0 Å². The van der Waals surface area contributed by atoms with Crippen molar-refractivity contribution in [2.75, 3.05) is 0 Å². The first-order valence-electron chi connectivity index (χ1n) is 1.80. The van der Waals surface area contributed by atoms with Gasteiger partial charge >= 0.3 is 49.8 Å². The molecule has 1 heterocycles. The van der Waals surface area contributed by atoms with Gasteiger partial charge in [0, 0.05) is 0 Å². The predicted octanol–water partition coefficient (Wildman–Crippen LogP) is 0.395. The van der Waals surface area contributed by atoms with Crippen LogP contribution in [0.3, 0.4) is 0 Å². The van der Waals surface area contributed by atoms with Crippen LogP contribution in [0.25, 0.3) is 0 Å². The van der Waals surface area contributed by atoms with Gasteiger partial charge in [-0.3, -0.25) is 0 Å². The molecule has 38 valence electrons. The summed E-state index contributed by atoms with van der Waals surface area (Å²) >= 11 is 0.217. The van der Waals surface area contributed by atoms with E-state index in [2.05, 4.69) is 0 Å². The van der Waals surface area contributed by atoms with Crippen molar-refractivity contribution in [1.29, 1.82) is 0 Å². The van der Waals surface area contributed by atoms with E-state index in [0.29, 0.717) is 0 Å². The van der Waals surface area contributed by atoms with Crippen LogP contribution >= 0.6 is 0 Å². The summed E-state index contributed by atoms with van der Waals surface area (Å²) in [6.07, 6.45) is 3.75. The Morgan fingerprint density at radius 3 is 2.57 bits per heavy atom. The summed E-state index contributed by atoms with van der Waals surface area (Å²) in [5.41, 5.74) is 0. The quantitative estimate of drug-likeness (QED) is 0.492. The Balaban J connectivity index is 2.66. The molecule has 0 radical (unpaired) electrons. The Morgan fingerprint density at radius 1 is 1.43 bits per heavy atom. The van der Waals surface area contributed by atoms with Crippen molar-refractivity contribution in [3.05, 3.63) is 22.5 Å². The fourth-order valence-corrected chi connectivity index (χ4v) is 2.82. The van der Waals surface area contributed by atoms with Crippen LogP contribution in [0.5, 0.6) is 0 Å². The van der Waals surface area contributed by atoms with Crippen LogP contribution in [-0.2, 0) is 9.22 Å². The Labute approximate surface area is 50.2 Å². The third-order valence-corrected chi connectivity index (χ3v) is 4.13. The molecule has 0 amide bonds. The second-order valence-corrected chi connectivity index (χ2v) is 5.85. The molecule has 1 atom stereocenters. The van der Waals surface area contributed by atoms with Crippen molar-refractivity contribution < 1.29 is 4.21 Å². The second kappa shape index (κ2) is 2.46. The van der Waals surface area contributed by atoms with Crippen molar-refractivity contribution >= 4 is 23.1 Å². The molecule has 1 aliphatic heterocycles. The Bertz CT molecular complexity index is 139. The van der Waals surface area contributed by atoms with Crippen molar-refractivity contribution in [3.63, 3.8) is 0 Å². The summed E-state index contributed by atoms with van der Waals surface area (Å²) < 4.78 is 10.5. The first-order valence-corrected chi connectivity index (χ1v) is 6.03. The first-order chi connectivity index (χ1) is 3.39. The molecule has 1 unspecified atom stereocenters. The minimum atomic E-state index is -0.645. The Morgan fingerprint density at radius 2 is 2.29 bits per heavy atom. The van der Waals surface area contributed by atoms with Gasteiger partial charge in [-0.1, -0.05) is 0 Å². The van der Waals surface area contributed by atoms with E-state index in [-0.39, 0.29) is 13.8 Å². The summed E-state index contributed by atoms with van der Waals surface area (Å²) in [5, 5.41) is 1.72. The SMILES string of the molecule is O=S1C=CC=C[Se]1. The summed E-state index contributed by atoms with van der Waals surface area (Å²) in [7, 11) is -0.645. The second-order valence-electron chi connectivity index (χ2n) is 1.01. The van der Waals surface area contributed by atoms with Gasteiger partial charge in [-0.25, -0.2) is 0 Å². The van der Waals surface area contributed by atoms with E-state index in [1.54, 1.807) is 5.41 Å². The average Bonchev–Trinajstić information content (AvgIpc) is 1.69. The van der Waals surface area contributed by atoms with Gasteiger partial charge in [-0.05, 0) is 0 Å². The van der Waals surface area contributed by atoms with E-state index < -0.39 is 9.22 Å². The molecule has 0 aromatic heterocycles. The molecule has 0 N–H and O–H groups in total. The molecule has 1 nitrogen and oxygen atoms in total. The predicted molar refractivity (Wildman–Crippen MR) is 32.2 cm³/mol. The molecule has 0 aromatic rings. The van der Waals surface area contributed by atoms with Crippen LogP contribution in [0.15, 0.2) is 22.5 Å². The molecule has 0 bridgehead atoms. The monoisotopic (exact) mass is 180 g/mol. The number of hydrogen-bond donors (Lipinski definition) is 0. The van der Waals surface area contributed by atoms with Crippen molar-refractivity contribution in [3.8, 4) is 0 Å². The van der Waals surface area contributed by atoms with Gasteiger partial charge in [0.25, 0.3) is 0 Å². The summed E-state index contributed by atoms with van der Waals surface area (Å²) in [4.78, 5) is 1.96. The fraction of sp³-hybridized carbons (Fsp3) is 0. The molecule has 7 heavy (non-hydrogen) atoms. The van der Waals surface area contributed by atoms with Gasteiger partial charge in [-0.2, -0.15) is 0 Å². The molecular formula is C4H4OSSe. The third kappa shape index (κ3) is 1.59. The maximum atomic E-state index is 10.5. The molecule has 0 fully saturated rings. The maximum absolute atomic E-state index is 10.5. The third-order valence-electron chi connectivity index (χ3n) is 0.530. The molecule has 0 saturated carbocycles. The summed E-state index contributed by atoms with van der Waals surface area (Å²) in [6.45, 7) is 0. The molecule has 0 saturated heterocycles. The van der Waals surface area contributed by atoms with Gasteiger partial charge < -0.3 is 0 Å². The Kier molecular flexibility index (Phi) is 1.86. The molecular weight excluding hydrogens is 175 g/mol. The van der Waals surface area contributed by atoms with Crippen molar-refractivity contribution in [1.82, 2.24) is 0 Å². The zero-order valence-electron chi connectivity index (χ0n) is 3.53. The van der Waals surface area contributed by atoms with E-state index in [9.17, 15) is 4.21 Å². The van der Waals surface area contributed by atoms with E-state index in [0.717, 1.165) is 0 Å². The van der Waals surface area contributed by atoms with E-state index in [4.69, 9.17) is 0 Å². The number of rotatable bonds is 0. The van der Waals surface area contributed by atoms with Crippen LogP contribution in [-0.4, -0.2) is 18.0 Å². The zero-order valence-corrected chi connectivity index (χ0v) is 6.06. The molecule has 0 spiro atoms. The van der Waals surface area contributed by atoms with Gasteiger partial charge in [0.15, 0.2) is 0 Å². The van der Waals surface area contributed by atoms with Crippen LogP contribution in [0.2, 0.25) is 0 Å². The molecule has 0 aromatic carbocycles. The summed E-state index contributed by atoms with van der Waals surface area (Å²) in [6, 6.07) is 0. The zero-order chi connectivity index (χ0) is 5.11. The molecule has 1 aliphatic rings. The standard InChI is InChI=1S/C4H4OSSe/c5-6-3-1-2-4-7-6/h1-4H. The first kappa shape index (κ1) is 5.29. The normalized spacial score (nSPS) is 28.3. The van der Waals surface area contributed by atoms with Gasteiger partial charge in [-0.15, -0.1) is 0 Å². The Hall–Kier alpha value is 0.149. The average molecular weight is 179 g/mol. The topological polar surface area (TPSA) is 17.1 Å². The van der Waals surface area contributed by atoms with Crippen LogP contribution in [0.4, 0.5) is 0 Å². The van der Waals surface area contributed by atoms with Gasteiger partial charge in [0.1, 0.15) is 0 Å².